The van der Waals surface area contributed by atoms with Gasteiger partial charge in [-0.25, -0.2) is 0 Å². The van der Waals surface area contributed by atoms with Gasteiger partial charge in [0.15, 0.2) is 0 Å². The Kier molecular flexibility index (Phi) is 4.86. The Morgan fingerprint density at radius 3 is 2.43 bits per heavy atom. The standard InChI is InChI=1S/C21H35NO/c1-14(2)15(3)12-17-16(4)21(7)11-9-10-20(5,6)18(21)13-19(23)22(17)8/h12,14,18H,9-11,13H2,1-8H3/b15-12+. The van der Waals surface area contributed by atoms with Crippen LogP contribution >= 0.6 is 0 Å². The molecule has 0 aromatic rings. The van der Waals surface area contributed by atoms with E-state index in [1.165, 1.54) is 30.4 Å². The fourth-order valence-corrected chi connectivity index (χ4v) is 4.65. The molecule has 1 saturated carbocycles. The van der Waals surface area contributed by atoms with Crippen LogP contribution in [0.2, 0.25) is 0 Å². The van der Waals surface area contributed by atoms with Crippen molar-refractivity contribution >= 4 is 5.91 Å². The second-order valence-electron chi connectivity index (χ2n) is 9.02. The van der Waals surface area contributed by atoms with Crippen LogP contribution < -0.4 is 0 Å². The van der Waals surface area contributed by atoms with E-state index in [1.807, 2.05) is 11.9 Å². The number of likely N-dealkylation sites (N-methyl/N-ethyl adjacent to an activating group) is 1. The molecule has 2 heteroatoms. The van der Waals surface area contributed by atoms with Crippen LogP contribution in [0.5, 0.6) is 0 Å². The largest absolute Gasteiger partial charge is 0.316 e. The van der Waals surface area contributed by atoms with E-state index in [0.29, 0.717) is 18.3 Å². The topological polar surface area (TPSA) is 20.3 Å². The summed E-state index contributed by atoms with van der Waals surface area (Å²) < 4.78 is 0. The van der Waals surface area contributed by atoms with Gasteiger partial charge in [0, 0.05) is 19.2 Å². The van der Waals surface area contributed by atoms with Gasteiger partial charge in [0.05, 0.1) is 0 Å². The van der Waals surface area contributed by atoms with Crippen molar-refractivity contribution in [1.82, 2.24) is 4.90 Å². The van der Waals surface area contributed by atoms with Gasteiger partial charge in [0.2, 0.25) is 5.91 Å². The number of allylic oxidation sites excluding steroid dienone is 3. The summed E-state index contributed by atoms with van der Waals surface area (Å²) in [4.78, 5) is 14.8. The predicted molar refractivity (Wildman–Crippen MR) is 97.9 cm³/mol. The van der Waals surface area contributed by atoms with E-state index in [2.05, 4.69) is 54.5 Å². The predicted octanol–water partition coefficient (Wildman–Crippen LogP) is 5.56. The third-order valence-corrected chi connectivity index (χ3v) is 6.86. The number of carbonyl (C=O) groups is 1. The second kappa shape index (κ2) is 6.11. The zero-order valence-electron chi connectivity index (χ0n) is 16.4. The smallest absolute Gasteiger partial charge is 0.227 e. The lowest BCUT2D eigenvalue weighted by Crippen LogP contribution is -2.43. The van der Waals surface area contributed by atoms with Crippen molar-refractivity contribution in [3.05, 3.63) is 22.9 Å². The molecule has 0 bridgehead atoms. The molecule has 0 aromatic heterocycles. The Bertz CT molecular complexity index is 552. The number of hydrogen-bond donors (Lipinski definition) is 0. The van der Waals surface area contributed by atoms with Gasteiger partial charge in [-0.1, -0.05) is 46.6 Å². The van der Waals surface area contributed by atoms with Gasteiger partial charge in [-0.05, 0) is 61.0 Å². The molecular formula is C21H35NO. The lowest BCUT2D eigenvalue weighted by Gasteiger charge is -2.50. The Hall–Kier alpha value is -1.05. The minimum atomic E-state index is 0.130. The number of carbonyl (C=O) groups excluding carboxylic acids is 1. The SMILES string of the molecule is CC1=C(/C=C(\C)C(C)C)N(C)C(=O)CC2C(C)(C)CCCC12C. The third-order valence-electron chi connectivity index (χ3n) is 6.86. The molecule has 2 atom stereocenters. The van der Waals surface area contributed by atoms with Gasteiger partial charge >= 0.3 is 0 Å². The number of hydrogen-bond acceptors (Lipinski definition) is 1. The lowest BCUT2D eigenvalue weighted by atomic mass is 9.53. The summed E-state index contributed by atoms with van der Waals surface area (Å²) in [5.74, 6) is 1.22. The molecule has 1 aliphatic heterocycles. The number of nitrogens with zero attached hydrogens (tertiary/aromatic N) is 1. The third kappa shape index (κ3) is 3.14. The summed E-state index contributed by atoms with van der Waals surface area (Å²) in [6.45, 7) is 16.0. The molecule has 0 saturated heterocycles. The summed E-state index contributed by atoms with van der Waals surface area (Å²) in [5, 5.41) is 0. The summed E-state index contributed by atoms with van der Waals surface area (Å²) in [6.07, 6.45) is 6.62. The van der Waals surface area contributed by atoms with Crippen molar-refractivity contribution in [2.24, 2.45) is 22.7 Å². The molecule has 0 spiro atoms. The van der Waals surface area contributed by atoms with Crippen LogP contribution in [0.15, 0.2) is 22.9 Å². The average Bonchev–Trinajstić information content (AvgIpc) is 2.51. The highest BCUT2D eigenvalue weighted by molar-refractivity contribution is 5.80. The van der Waals surface area contributed by atoms with Crippen molar-refractivity contribution in [1.29, 1.82) is 0 Å². The zero-order valence-corrected chi connectivity index (χ0v) is 16.4. The molecule has 2 unspecified atom stereocenters. The van der Waals surface area contributed by atoms with E-state index in [9.17, 15) is 4.79 Å². The average molecular weight is 318 g/mol. The maximum Gasteiger partial charge on any atom is 0.227 e. The minimum absolute atomic E-state index is 0.130. The van der Waals surface area contributed by atoms with Crippen molar-refractivity contribution in [2.45, 2.75) is 74.1 Å². The van der Waals surface area contributed by atoms with Crippen LogP contribution in [0.25, 0.3) is 0 Å². The van der Waals surface area contributed by atoms with Gasteiger partial charge in [-0.15, -0.1) is 0 Å². The quantitative estimate of drug-likeness (QED) is 0.653. The first-order valence-electron chi connectivity index (χ1n) is 9.17. The molecule has 0 aromatic carbocycles. The molecule has 1 aliphatic carbocycles. The van der Waals surface area contributed by atoms with Crippen LogP contribution in [0.3, 0.4) is 0 Å². The van der Waals surface area contributed by atoms with Crippen molar-refractivity contribution in [3.63, 3.8) is 0 Å². The molecular weight excluding hydrogens is 282 g/mol. The number of fused-ring (bicyclic) bond motifs is 1. The number of rotatable bonds is 2. The highest BCUT2D eigenvalue weighted by Gasteiger charge is 2.50. The van der Waals surface area contributed by atoms with E-state index < -0.39 is 0 Å². The molecule has 0 radical (unpaired) electrons. The van der Waals surface area contributed by atoms with Gasteiger partial charge in [0.25, 0.3) is 0 Å². The van der Waals surface area contributed by atoms with Crippen molar-refractivity contribution in [3.8, 4) is 0 Å². The normalized spacial score (nSPS) is 32.2. The zero-order chi connectivity index (χ0) is 17.6. The maximum absolute atomic E-state index is 12.9. The lowest BCUT2D eigenvalue weighted by molar-refractivity contribution is -0.131. The summed E-state index contributed by atoms with van der Waals surface area (Å²) in [7, 11) is 1.96. The number of amides is 1. The van der Waals surface area contributed by atoms with E-state index in [4.69, 9.17) is 0 Å². The fraction of sp³-hybridized carbons (Fsp3) is 0.762. The van der Waals surface area contributed by atoms with Crippen LogP contribution in [-0.4, -0.2) is 17.9 Å². The van der Waals surface area contributed by atoms with Crippen LogP contribution in [-0.2, 0) is 4.79 Å². The Labute approximate surface area is 143 Å². The summed E-state index contributed by atoms with van der Waals surface area (Å²) in [6, 6.07) is 0. The van der Waals surface area contributed by atoms with E-state index >= 15 is 0 Å². The van der Waals surface area contributed by atoms with Crippen molar-refractivity contribution < 1.29 is 4.79 Å². The molecule has 1 heterocycles. The Morgan fingerprint density at radius 1 is 1.26 bits per heavy atom. The first kappa shape index (κ1) is 18.3. The van der Waals surface area contributed by atoms with Crippen LogP contribution in [0.1, 0.15) is 74.1 Å². The second-order valence-corrected chi connectivity index (χ2v) is 9.02. The van der Waals surface area contributed by atoms with Crippen molar-refractivity contribution in [2.75, 3.05) is 7.05 Å². The van der Waals surface area contributed by atoms with Gasteiger partial charge in [0.1, 0.15) is 0 Å². The molecule has 2 aliphatic rings. The molecule has 0 N–H and O–H groups in total. The highest BCUT2D eigenvalue weighted by Crippen LogP contribution is 2.57. The first-order chi connectivity index (χ1) is 10.5. The maximum atomic E-state index is 12.9. The van der Waals surface area contributed by atoms with Gasteiger partial charge < -0.3 is 4.90 Å². The summed E-state index contributed by atoms with van der Waals surface area (Å²) in [5.41, 5.74) is 4.26. The summed E-state index contributed by atoms with van der Waals surface area (Å²) >= 11 is 0. The molecule has 1 amide bonds. The van der Waals surface area contributed by atoms with Crippen LogP contribution in [0.4, 0.5) is 0 Å². The monoisotopic (exact) mass is 317 g/mol. The molecule has 2 nitrogen and oxygen atoms in total. The first-order valence-corrected chi connectivity index (χ1v) is 9.17. The Morgan fingerprint density at radius 2 is 1.87 bits per heavy atom. The van der Waals surface area contributed by atoms with E-state index in [-0.39, 0.29) is 16.7 Å². The van der Waals surface area contributed by atoms with Crippen LogP contribution in [0, 0.1) is 22.7 Å². The molecule has 23 heavy (non-hydrogen) atoms. The fourth-order valence-electron chi connectivity index (χ4n) is 4.65. The molecule has 2 rings (SSSR count). The van der Waals surface area contributed by atoms with Gasteiger partial charge in [-0.3, -0.25) is 4.79 Å². The van der Waals surface area contributed by atoms with E-state index in [1.54, 1.807) is 0 Å². The molecule has 1 fully saturated rings. The highest BCUT2D eigenvalue weighted by atomic mass is 16.2. The molecule has 130 valence electrons. The minimum Gasteiger partial charge on any atom is -0.316 e. The van der Waals surface area contributed by atoms with E-state index in [0.717, 1.165) is 5.70 Å². The van der Waals surface area contributed by atoms with Gasteiger partial charge in [-0.2, -0.15) is 0 Å². The Balaban J connectivity index is 2.62.